The molecule has 2 aromatic heterocycles. The monoisotopic (exact) mass is 388 g/mol. The van der Waals surface area contributed by atoms with E-state index in [0.29, 0.717) is 5.52 Å². The second-order valence-electron chi connectivity index (χ2n) is 5.49. The predicted octanol–water partition coefficient (Wildman–Crippen LogP) is 4.96. The Hall–Kier alpha value is -2.14. The minimum absolute atomic E-state index is 0.0831. The van der Waals surface area contributed by atoms with E-state index in [1.807, 2.05) is 13.8 Å². The van der Waals surface area contributed by atoms with Crippen LogP contribution in [0.1, 0.15) is 25.5 Å². The van der Waals surface area contributed by atoms with Crippen molar-refractivity contribution in [3.05, 3.63) is 34.0 Å². The van der Waals surface area contributed by atoms with Crippen molar-refractivity contribution in [3.63, 3.8) is 0 Å². The Morgan fingerprint density at radius 2 is 2.04 bits per heavy atom. The van der Waals surface area contributed by atoms with Crippen LogP contribution in [0.25, 0.3) is 21.9 Å². The first-order valence-electron chi connectivity index (χ1n) is 7.03. The van der Waals surface area contributed by atoms with Crippen molar-refractivity contribution in [3.8, 4) is 10.8 Å². The van der Waals surface area contributed by atoms with Gasteiger partial charge in [0.05, 0.1) is 16.0 Å². The molecule has 3 aromatic rings. The zero-order valence-corrected chi connectivity index (χ0v) is 14.6. The first-order valence-corrected chi connectivity index (χ1v) is 8.29. The van der Waals surface area contributed by atoms with Crippen molar-refractivity contribution in [2.75, 3.05) is 0 Å². The molecule has 0 spiro atoms. The Morgan fingerprint density at radius 3 is 2.56 bits per heavy atom. The van der Waals surface area contributed by atoms with Gasteiger partial charge in [-0.15, -0.1) is 12.6 Å². The normalized spacial score (nSPS) is 12.3. The van der Waals surface area contributed by atoms with Gasteiger partial charge in [0.1, 0.15) is 11.7 Å². The van der Waals surface area contributed by atoms with Gasteiger partial charge in [-0.05, 0) is 37.3 Å². The minimum atomic E-state index is -4.55. The van der Waals surface area contributed by atoms with E-state index >= 15 is 0 Å². The summed E-state index contributed by atoms with van der Waals surface area (Å²) in [5.41, 5.74) is -0.339. The SMILES string of the molecule is CC(C)n1c(-c2ncc([N+](=O)[O-])s2)nc2c(S)c(C(F)(F)F)ccc21. The summed E-state index contributed by atoms with van der Waals surface area (Å²) >= 11 is 4.83. The largest absolute Gasteiger partial charge is 0.417 e. The summed E-state index contributed by atoms with van der Waals surface area (Å²) in [4.78, 5) is 18.3. The third-order valence-electron chi connectivity index (χ3n) is 3.52. The molecule has 3 rings (SSSR count). The van der Waals surface area contributed by atoms with Crippen molar-refractivity contribution >= 4 is 40.0 Å². The quantitative estimate of drug-likeness (QED) is 0.391. The number of hydrogen-bond donors (Lipinski definition) is 1. The summed E-state index contributed by atoms with van der Waals surface area (Å²) in [6, 6.07) is 2.14. The molecule has 0 aliphatic heterocycles. The molecule has 6 nitrogen and oxygen atoms in total. The molecule has 0 aliphatic rings. The first kappa shape index (κ1) is 17.7. The maximum Gasteiger partial charge on any atom is 0.417 e. The molecular weight excluding hydrogens is 377 g/mol. The molecule has 25 heavy (non-hydrogen) atoms. The van der Waals surface area contributed by atoms with Gasteiger partial charge in [0.15, 0.2) is 10.8 Å². The van der Waals surface area contributed by atoms with Crippen molar-refractivity contribution in [2.45, 2.75) is 31.0 Å². The van der Waals surface area contributed by atoms with E-state index in [4.69, 9.17) is 0 Å². The summed E-state index contributed by atoms with van der Waals surface area (Å²) in [7, 11) is 0. The number of halogens is 3. The molecule has 0 amide bonds. The topological polar surface area (TPSA) is 73.8 Å². The Kier molecular flexibility index (Phi) is 4.23. The lowest BCUT2D eigenvalue weighted by Crippen LogP contribution is -2.07. The summed E-state index contributed by atoms with van der Waals surface area (Å²) in [5.74, 6) is 0.276. The molecule has 0 saturated heterocycles. The Labute approximate surface area is 148 Å². The number of nitrogens with zero attached hydrogens (tertiary/aromatic N) is 4. The molecule has 0 radical (unpaired) electrons. The average Bonchev–Trinajstić information content (AvgIpc) is 3.10. The zero-order valence-electron chi connectivity index (χ0n) is 12.9. The van der Waals surface area contributed by atoms with Crippen LogP contribution in [0.2, 0.25) is 0 Å². The van der Waals surface area contributed by atoms with Crippen LogP contribution in [0.5, 0.6) is 0 Å². The van der Waals surface area contributed by atoms with Crippen LogP contribution in [0, 0.1) is 10.1 Å². The number of nitro groups is 1. The van der Waals surface area contributed by atoms with E-state index in [1.54, 1.807) is 4.57 Å². The number of rotatable bonds is 3. The maximum absolute atomic E-state index is 13.1. The fraction of sp³-hybridized carbons (Fsp3) is 0.286. The van der Waals surface area contributed by atoms with Crippen LogP contribution in [-0.4, -0.2) is 19.5 Å². The van der Waals surface area contributed by atoms with Crippen molar-refractivity contribution in [1.82, 2.24) is 14.5 Å². The minimum Gasteiger partial charge on any atom is -0.319 e. The van der Waals surface area contributed by atoms with Gasteiger partial charge in [-0.3, -0.25) is 10.1 Å². The highest BCUT2D eigenvalue weighted by molar-refractivity contribution is 7.80. The molecule has 0 saturated carbocycles. The second kappa shape index (κ2) is 5.99. The molecule has 0 fully saturated rings. The summed E-state index contributed by atoms with van der Waals surface area (Å²) in [5, 5.41) is 11.0. The number of fused-ring (bicyclic) bond motifs is 1. The fourth-order valence-electron chi connectivity index (χ4n) is 2.50. The lowest BCUT2D eigenvalue weighted by atomic mass is 10.2. The lowest BCUT2D eigenvalue weighted by molar-refractivity contribution is -0.380. The van der Waals surface area contributed by atoms with Gasteiger partial charge in [0.25, 0.3) is 0 Å². The molecule has 0 aliphatic carbocycles. The van der Waals surface area contributed by atoms with Crippen LogP contribution in [-0.2, 0) is 6.18 Å². The van der Waals surface area contributed by atoms with Crippen LogP contribution in [0.4, 0.5) is 18.2 Å². The van der Waals surface area contributed by atoms with E-state index in [-0.39, 0.29) is 32.3 Å². The number of benzene rings is 1. The van der Waals surface area contributed by atoms with Crippen molar-refractivity contribution in [2.24, 2.45) is 0 Å². The van der Waals surface area contributed by atoms with Crippen molar-refractivity contribution in [1.29, 1.82) is 0 Å². The maximum atomic E-state index is 13.1. The molecule has 0 atom stereocenters. The van der Waals surface area contributed by atoms with E-state index in [1.165, 1.54) is 6.07 Å². The van der Waals surface area contributed by atoms with E-state index in [0.717, 1.165) is 23.6 Å². The second-order valence-corrected chi connectivity index (χ2v) is 6.94. The highest BCUT2D eigenvalue weighted by atomic mass is 32.1. The van der Waals surface area contributed by atoms with Gasteiger partial charge in [0, 0.05) is 10.9 Å². The standard InChI is InChI=1S/C14H11F3N4O2S2/c1-6(2)20-8-4-3-7(14(15,16)17)11(24)10(8)19-12(20)13-18-5-9(25-13)21(22)23/h3-6,24H,1-2H3. The Bertz CT molecular complexity index is 979. The summed E-state index contributed by atoms with van der Waals surface area (Å²) in [6.07, 6.45) is -3.44. The third-order valence-corrected chi connectivity index (χ3v) is 4.92. The van der Waals surface area contributed by atoms with Gasteiger partial charge < -0.3 is 4.57 Å². The van der Waals surface area contributed by atoms with Gasteiger partial charge in [-0.25, -0.2) is 9.97 Å². The average molecular weight is 388 g/mol. The fourth-order valence-corrected chi connectivity index (χ4v) is 3.59. The van der Waals surface area contributed by atoms with Gasteiger partial charge in [0.2, 0.25) is 0 Å². The highest BCUT2D eigenvalue weighted by Crippen LogP contribution is 2.40. The molecule has 11 heteroatoms. The summed E-state index contributed by atoms with van der Waals surface area (Å²) < 4.78 is 41.0. The molecular formula is C14H11F3N4O2S2. The highest BCUT2D eigenvalue weighted by Gasteiger charge is 2.34. The van der Waals surface area contributed by atoms with E-state index < -0.39 is 16.7 Å². The van der Waals surface area contributed by atoms with E-state index in [9.17, 15) is 23.3 Å². The molecule has 132 valence electrons. The Balaban J connectivity index is 2.30. The summed E-state index contributed by atoms with van der Waals surface area (Å²) in [6.45, 7) is 3.67. The predicted molar refractivity (Wildman–Crippen MR) is 90.1 cm³/mol. The molecule has 1 aromatic carbocycles. The van der Waals surface area contributed by atoms with Crippen LogP contribution in [0.3, 0.4) is 0 Å². The molecule has 0 N–H and O–H groups in total. The van der Waals surface area contributed by atoms with Crippen LogP contribution in [0.15, 0.2) is 23.2 Å². The lowest BCUT2D eigenvalue weighted by Gasteiger charge is -2.13. The first-order chi connectivity index (χ1) is 11.6. The smallest absolute Gasteiger partial charge is 0.319 e. The Morgan fingerprint density at radius 1 is 1.36 bits per heavy atom. The number of thiol groups is 1. The number of aromatic nitrogens is 3. The number of thiazole rings is 1. The van der Waals surface area contributed by atoms with Gasteiger partial charge >= 0.3 is 11.2 Å². The van der Waals surface area contributed by atoms with Crippen molar-refractivity contribution < 1.29 is 18.1 Å². The van der Waals surface area contributed by atoms with E-state index in [2.05, 4.69) is 22.6 Å². The molecule has 0 unspecified atom stereocenters. The molecule has 0 bridgehead atoms. The van der Waals surface area contributed by atoms with Gasteiger partial charge in [-0.2, -0.15) is 13.2 Å². The number of imidazole rings is 1. The molecule has 2 heterocycles. The van der Waals surface area contributed by atoms with Gasteiger partial charge in [-0.1, -0.05) is 0 Å². The number of hydrogen-bond acceptors (Lipinski definition) is 6. The van der Waals surface area contributed by atoms with Crippen LogP contribution >= 0.6 is 24.0 Å². The third kappa shape index (κ3) is 2.97. The van der Waals surface area contributed by atoms with Crippen LogP contribution < -0.4 is 0 Å². The zero-order chi connectivity index (χ0) is 18.5. The number of alkyl halides is 3.